The zero-order valence-electron chi connectivity index (χ0n) is 17.8. The lowest BCUT2D eigenvalue weighted by atomic mass is 10.0. The SMILES string of the molecule is C[C@H]1COc2nc(C(=O)NC[C@H]3CCCO3)c(Cc3ccc(F)cc3)cc2N1C(=O)CCl. The van der Waals surface area contributed by atoms with Crippen molar-refractivity contribution in [3.05, 3.63) is 53.0 Å². The van der Waals surface area contributed by atoms with Crippen LogP contribution in [0.4, 0.5) is 10.1 Å². The Labute approximate surface area is 190 Å². The van der Waals surface area contributed by atoms with Crippen LogP contribution >= 0.6 is 11.6 Å². The van der Waals surface area contributed by atoms with Gasteiger partial charge in [-0.05, 0) is 55.5 Å². The number of anilines is 1. The number of nitrogens with zero attached hydrogens (tertiary/aromatic N) is 2. The van der Waals surface area contributed by atoms with Gasteiger partial charge in [0.2, 0.25) is 11.8 Å². The molecular formula is C23H25ClFN3O4. The van der Waals surface area contributed by atoms with Crippen LogP contribution in [0.5, 0.6) is 5.88 Å². The van der Waals surface area contributed by atoms with E-state index in [4.69, 9.17) is 21.1 Å². The summed E-state index contributed by atoms with van der Waals surface area (Å²) < 4.78 is 24.7. The Balaban J connectivity index is 1.69. The Kier molecular flexibility index (Phi) is 6.91. The van der Waals surface area contributed by atoms with E-state index in [9.17, 15) is 14.0 Å². The molecule has 0 bridgehead atoms. The topological polar surface area (TPSA) is 80.8 Å². The molecule has 1 saturated heterocycles. The van der Waals surface area contributed by atoms with E-state index in [0.29, 0.717) is 30.8 Å². The smallest absolute Gasteiger partial charge is 0.270 e. The molecular weight excluding hydrogens is 437 g/mol. The first-order valence-corrected chi connectivity index (χ1v) is 11.2. The second-order valence-corrected chi connectivity index (χ2v) is 8.29. The summed E-state index contributed by atoms with van der Waals surface area (Å²) in [6, 6.07) is 7.56. The first kappa shape index (κ1) is 22.5. The van der Waals surface area contributed by atoms with Crippen LogP contribution in [-0.2, 0) is 16.0 Å². The fourth-order valence-corrected chi connectivity index (χ4v) is 4.14. The molecule has 32 heavy (non-hydrogen) atoms. The lowest BCUT2D eigenvalue weighted by Gasteiger charge is -2.34. The molecule has 2 aliphatic rings. The van der Waals surface area contributed by atoms with Crippen molar-refractivity contribution in [2.45, 2.75) is 38.3 Å². The zero-order valence-corrected chi connectivity index (χ0v) is 18.5. The Morgan fingerprint density at radius 3 is 2.78 bits per heavy atom. The second kappa shape index (κ2) is 9.83. The van der Waals surface area contributed by atoms with Gasteiger partial charge in [0.1, 0.15) is 29.7 Å². The number of alkyl halides is 1. The molecule has 0 aliphatic carbocycles. The van der Waals surface area contributed by atoms with Gasteiger partial charge in [-0.2, -0.15) is 0 Å². The molecule has 0 radical (unpaired) electrons. The maximum atomic E-state index is 13.4. The number of aromatic nitrogens is 1. The monoisotopic (exact) mass is 461 g/mol. The summed E-state index contributed by atoms with van der Waals surface area (Å²) in [6.45, 7) is 3.19. The summed E-state index contributed by atoms with van der Waals surface area (Å²) in [6.07, 6.45) is 2.20. The third-order valence-corrected chi connectivity index (χ3v) is 5.86. The molecule has 1 N–H and O–H groups in total. The number of carbonyl (C=O) groups is 2. The van der Waals surface area contributed by atoms with Gasteiger partial charge in [0.05, 0.1) is 12.1 Å². The van der Waals surface area contributed by atoms with Crippen molar-refractivity contribution in [3.8, 4) is 5.88 Å². The summed E-state index contributed by atoms with van der Waals surface area (Å²) in [5, 5.41) is 2.89. The van der Waals surface area contributed by atoms with Crippen molar-refractivity contribution < 1.29 is 23.5 Å². The molecule has 0 spiro atoms. The van der Waals surface area contributed by atoms with Crippen LogP contribution in [0.3, 0.4) is 0 Å². The minimum absolute atomic E-state index is 0.00828. The molecule has 0 saturated carbocycles. The number of ether oxygens (including phenoxy) is 2. The fraction of sp³-hybridized carbons (Fsp3) is 0.435. The summed E-state index contributed by atoms with van der Waals surface area (Å²) in [7, 11) is 0. The van der Waals surface area contributed by atoms with Crippen LogP contribution in [0, 0.1) is 5.82 Å². The number of fused-ring (bicyclic) bond motifs is 1. The van der Waals surface area contributed by atoms with E-state index in [0.717, 1.165) is 18.4 Å². The number of carbonyl (C=O) groups excluding carboxylic acids is 2. The molecule has 3 heterocycles. The summed E-state index contributed by atoms with van der Waals surface area (Å²) >= 11 is 5.82. The first-order valence-electron chi connectivity index (χ1n) is 10.6. The van der Waals surface area contributed by atoms with Crippen LogP contribution in [0.2, 0.25) is 0 Å². The molecule has 170 valence electrons. The Hall–Kier alpha value is -2.71. The Morgan fingerprint density at radius 1 is 1.31 bits per heavy atom. The molecule has 1 aromatic carbocycles. The van der Waals surface area contributed by atoms with E-state index in [1.807, 2.05) is 6.92 Å². The average Bonchev–Trinajstić information content (AvgIpc) is 3.32. The molecule has 2 aromatic rings. The summed E-state index contributed by atoms with van der Waals surface area (Å²) in [5.41, 5.74) is 2.09. The van der Waals surface area contributed by atoms with Crippen LogP contribution in [0.1, 0.15) is 41.4 Å². The Bertz CT molecular complexity index is 995. The number of halogens is 2. The van der Waals surface area contributed by atoms with Gasteiger partial charge in [-0.25, -0.2) is 9.37 Å². The average molecular weight is 462 g/mol. The van der Waals surface area contributed by atoms with Gasteiger partial charge >= 0.3 is 0 Å². The van der Waals surface area contributed by atoms with Crippen LogP contribution in [-0.4, -0.2) is 54.6 Å². The maximum absolute atomic E-state index is 13.4. The van der Waals surface area contributed by atoms with E-state index < -0.39 is 0 Å². The molecule has 1 aromatic heterocycles. The maximum Gasteiger partial charge on any atom is 0.270 e. The van der Waals surface area contributed by atoms with E-state index >= 15 is 0 Å². The number of amides is 2. The highest BCUT2D eigenvalue weighted by atomic mass is 35.5. The molecule has 2 atom stereocenters. The van der Waals surface area contributed by atoms with Crippen molar-refractivity contribution in [2.24, 2.45) is 0 Å². The van der Waals surface area contributed by atoms with Gasteiger partial charge in [0, 0.05) is 13.2 Å². The number of benzene rings is 1. The molecule has 4 rings (SSSR count). The van der Waals surface area contributed by atoms with Crippen molar-refractivity contribution in [1.29, 1.82) is 0 Å². The van der Waals surface area contributed by atoms with Crippen LogP contribution in [0.15, 0.2) is 30.3 Å². The van der Waals surface area contributed by atoms with Crippen LogP contribution < -0.4 is 15.0 Å². The van der Waals surface area contributed by atoms with Crippen LogP contribution in [0.25, 0.3) is 0 Å². The highest BCUT2D eigenvalue weighted by Gasteiger charge is 2.32. The van der Waals surface area contributed by atoms with Crippen molar-refractivity contribution >= 4 is 29.1 Å². The standard InChI is InChI=1S/C23H25ClFN3O4/c1-14-13-32-23-19(28(14)20(29)11-24)10-16(9-15-4-6-17(25)7-5-15)21(27-23)22(30)26-12-18-3-2-8-31-18/h4-7,10,14,18H,2-3,8-9,11-13H2,1H3,(H,26,30)/t14-,18+/m0/s1. The van der Waals surface area contributed by atoms with E-state index in [-0.39, 0.29) is 53.8 Å². The normalized spacial score (nSPS) is 19.9. The van der Waals surface area contributed by atoms with E-state index in [1.165, 1.54) is 12.1 Å². The lowest BCUT2D eigenvalue weighted by molar-refractivity contribution is -0.117. The van der Waals surface area contributed by atoms with E-state index in [2.05, 4.69) is 10.3 Å². The molecule has 2 amide bonds. The molecule has 7 nitrogen and oxygen atoms in total. The number of hydrogen-bond acceptors (Lipinski definition) is 5. The number of pyridine rings is 1. The third kappa shape index (κ3) is 4.86. The third-order valence-electron chi connectivity index (χ3n) is 5.63. The van der Waals surface area contributed by atoms with Gasteiger partial charge in [0.25, 0.3) is 5.91 Å². The van der Waals surface area contributed by atoms with Gasteiger partial charge < -0.3 is 19.7 Å². The lowest BCUT2D eigenvalue weighted by Crippen LogP contribution is -2.46. The molecule has 2 aliphatic heterocycles. The zero-order chi connectivity index (χ0) is 22.7. The predicted octanol–water partition coefficient (Wildman–Crippen LogP) is 3.07. The highest BCUT2D eigenvalue weighted by Crippen LogP contribution is 2.35. The molecule has 0 unspecified atom stereocenters. The van der Waals surface area contributed by atoms with Gasteiger partial charge in [-0.15, -0.1) is 11.6 Å². The number of hydrogen-bond donors (Lipinski definition) is 1. The minimum Gasteiger partial charge on any atom is -0.474 e. The Morgan fingerprint density at radius 2 is 2.09 bits per heavy atom. The summed E-state index contributed by atoms with van der Waals surface area (Å²) in [5.74, 6) is -0.924. The highest BCUT2D eigenvalue weighted by molar-refractivity contribution is 6.29. The number of nitrogens with one attached hydrogen (secondary N) is 1. The van der Waals surface area contributed by atoms with Gasteiger partial charge in [-0.3, -0.25) is 9.59 Å². The molecule has 9 heteroatoms. The minimum atomic E-state index is -0.349. The molecule has 1 fully saturated rings. The largest absolute Gasteiger partial charge is 0.474 e. The first-order chi connectivity index (χ1) is 15.5. The van der Waals surface area contributed by atoms with E-state index in [1.54, 1.807) is 23.1 Å². The van der Waals surface area contributed by atoms with Crippen molar-refractivity contribution in [2.75, 3.05) is 30.5 Å². The van der Waals surface area contributed by atoms with Gasteiger partial charge in [-0.1, -0.05) is 12.1 Å². The van der Waals surface area contributed by atoms with Crippen molar-refractivity contribution in [3.63, 3.8) is 0 Å². The van der Waals surface area contributed by atoms with Gasteiger partial charge in [0.15, 0.2) is 0 Å². The second-order valence-electron chi connectivity index (χ2n) is 8.03. The fourth-order valence-electron chi connectivity index (χ4n) is 4.01. The quantitative estimate of drug-likeness (QED) is 0.669. The number of rotatable bonds is 6. The van der Waals surface area contributed by atoms with Crippen molar-refractivity contribution in [1.82, 2.24) is 10.3 Å². The predicted molar refractivity (Wildman–Crippen MR) is 118 cm³/mol. The summed E-state index contributed by atoms with van der Waals surface area (Å²) in [4.78, 5) is 31.6.